The lowest BCUT2D eigenvalue weighted by atomic mass is 9.88. The lowest BCUT2D eigenvalue weighted by molar-refractivity contribution is -0.386. The number of hydrogen-bond donors (Lipinski definition) is 0. The Balaban J connectivity index is 1.84. The van der Waals surface area contributed by atoms with Crippen molar-refractivity contribution in [3.05, 3.63) is 66.7 Å². The second-order valence-electron chi connectivity index (χ2n) is 8.99. The number of rotatable bonds is 8. The smallest absolute Gasteiger partial charge is 0.315 e. The van der Waals surface area contributed by atoms with Gasteiger partial charge in [-0.2, -0.15) is 9.78 Å². The van der Waals surface area contributed by atoms with Crippen molar-refractivity contribution in [3.8, 4) is 11.5 Å². The molecular formula is C26H29BrN4O5. The molecule has 10 heteroatoms. The number of nitro benzene ring substituents is 1. The Morgan fingerprint density at radius 3 is 2.69 bits per heavy atom. The molecule has 1 aliphatic rings. The van der Waals surface area contributed by atoms with Gasteiger partial charge >= 0.3 is 5.69 Å². The number of halogens is 1. The molecule has 1 fully saturated rings. The number of nitrogens with zero attached hydrogens (tertiary/aromatic N) is 4. The van der Waals surface area contributed by atoms with Crippen LogP contribution in [-0.2, 0) is 0 Å². The summed E-state index contributed by atoms with van der Waals surface area (Å²) in [4.78, 5) is 29.7. The Hall–Kier alpha value is -3.27. The highest BCUT2D eigenvalue weighted by atomic mass is 79.9. The molecule has 9 nitrogen and oxygen atoms in total. The molecule has 1 heterocycles. The molecule has 0 N–H and O–H groups in total. The molecule has 0 aliphatic heterocycles. The van der Waals surface area contributed by atoms with E-state index in [9.17, 15) is 14.9 Å². The zero-order valence-electron chi connectivity index (χ0n) is 20.6. The average molecular weight is 557 g/mol. The largest absolute Gasteiger partial charge is 0.493 e. The minimum absolute atomic E-state index is 0.0753. The minimum atomic E-state index is -0.508. The molecule has 0 radical (unpaired) electrons. The van der Waals surface area contributed by atoms with Crippen molar-refractivity contribution in [2.45, 2.75) is 64.4 Å². The number of nitro groups is 1. The summed E-state index contributed by atoms with van der Waals surface area (Å²) < 4.78 is 13.3. The van der Waals surface area contributed by atoms with Crippen molar-refractivity contribution in [1.82, 2.24) is 9.66 Å². The van der Waals surface area contributed by atoms with Crippen molar-refractivity contribution in [2.24, 2.45) is 5.10 Å². The van der Waals surface area contributed by atoms with E-state index in [1.165, 1.54) is 30.5 Å². The van der Waals surface area contributed by atoms with Gasteiger partial charge in [-0.25, -0.2) is 4.98 Å². The van der Waals surface area contributed by atoms with E-state index in [0.29, 0.717) is 28.7 Å². The van der Waals surface area contributed by atoms with Crippen molar-refractivity contribution in [1.29, 1.82) is 0 Å². The van der Waals surface area contributed by atoms with E-state index in [-0.39, 0.29) is 34.8 Å². The normalized spacial score (nSPS) is 15.3. The van der Waals surface area contributed by atoms with Crippen molar-refractivity contribution in [3.63, 3.8) is 0 Å². The molecule has 0 spiro atoms. The average Bonchev–Trinajstić information content (AvgIpc) is 2.89. The summed E-state index contributed by atoms with van der Waals surface area (Å²) in [6.45, 7) is 3.77. The van der Waals surface area contributed by atoms with Crippen molar-refractivity contribution < 1.29 is 14.4 Å². The molecular weight excluding hydrogens is 528 g/mol. The highest BCUT2D eigenvalue weighted by Crippen LogP contribution is 2.39. The maximum absolute atomic E-state index is 13.5. The molecule has 0 unspecified atom stereocenters. The highest BCUT2D eigenvalue weighted by Gasteiger charge is 2.25. The topological polar surface area (TPSA) is 109 Å². The molecule has 1 aromatic heterocycles. The molecule has 3 aromatic rings. The Bertz CT molecular complexity index is 1360. The predicted molar refractivity (Wildman–Crippen MR) is 143 cm³/mol. The van der Waals surface area contributed by atoms with Gasteiger partial charge in [0.15, 0.2) is 5.75 Å². The first-order valence-corrected chi connectivity index (χ1v) is 12.9. The van der Waals surface area contributed by atoms with E-state index in [2.05, 4.69) is 21.0 Å². The Morgan fingerprint density at radius 2 is 2.03 bits per heavy atom. The third-order valence-corrected chi connectivity index (χ3v) is 6.99. The van der Waals surface area contributed by atoms with E-state index in [1.54, 1.807) is 12.1 Å². The van der Waals surface area contributed by atoms with E-state index >= 15 is 0 Å². The third-order valence-electron chi connectivity index (χ3n) is 6.49. The van der Waals surface area contributed by atoms with Crippen LogP contribution in [0.3, 0.4) is 0 Å². The zero-order chi connectivity index (χ0) is 25.8. The van der Waals surface area contributed by atoms with Gasteiger partial charge in [-0.1, -0.05) is 42.1 Å². The number of aromatic nitrogens is 2. The van der Waals surface area contributed by atoms with Crippen molar-refractivity contribution in [2.75, 3.05) is 7.11 Å². The summed E-state index contributed by atoms with van der Waals surface area (Å²) in [6, 6.07) is 8.41. The number of ether oxygens (including phenoxy) is 2. The fourth-order valence-electron chi connectivity index (χ4n) is 4.40. The molecule has 0 bridgehead atoms. The SMILES string of the molecule is CC[C@H](C)Oc1c(OC)cc(C=Nn2c(C3CCCCC3)nc3ccc(Br)cc3c2=O)cc1[N+](=O)[O-]. The Morgan fingerprint density at radius 1 is 1.28 bits per heavy atom. The lowest BCUT2D eigenvalue weighted by Crippen LogP contribution is -2.25. The van der Waals surface area contributed by atoms with Gasteiger partial charge in [0.25, 0.3) is 5.56 Å². The van der Waals surface area contributed by atoms with Gasteiger partial charge in [-0.15, -0.1) is 0 Å². The monoisotopic (exact) mass is 556 g/mol. The molecule has 2 aromatic carbocycles. The van der Waals surface area contributed by atoms with Crippen LogP contribution in [0.5, 0.6) is 11.5 Å². The Kier molecular flexibility index (Phi) is 8.03. The molecule has 4 rings (SSSR count). The standard InChI is InChI=1S/C26H29BrN4O5/c1-4-16(2)36-24-22(31(33)34)12-17(13-23(24)35-3)15-28-30-25(18-8-6-5-7-9-18)29-21-11-10-19(27)14-20(21)26(30)32/h10-16,18H,4-9H2,1-3H3/t16-/m0/s1. The number of fused-ring (bicyclic) bond motifs is 1. The van der Waals surface area contributed by atoms with Gasteiger partial charge in [-0.3, -0.25) is 14.9 Å². The molecule has 1 saturated carbocycles. The summed E-state index contributed by atoms with van der Waals surface area (Å²) in [5.74, 6) is 1.04. The molecule has 36 heavy (non-hydrogen) atoms. The van der Waals surface area contributed by atoms with Crippen LogP contribution in [0.2, 0.25) is 0 Å². The summed E-state index contributed by atoms with van der Waals surface area (Å²) in [6.07, 6.45) is 7.07. The fraction of sp³-hybridized carbons (Fsp3) is 0.423. The van der Waals surface area contributed by atoms with Crippen molar-refractivity contribution >= 4 is 38.7 Å². The van der Waals surface area contributed by atoms with Gasteiger partial charge in [0.1, 0.15) is 5.82 Å². The number of hydrogen-bond acceptors (Lipinski definition) is 7. The second-order valence-corrected chi connectivity index (χ2v) is 9.91. The van der Waals surface area contributed by atoms with E-state index in [0.717, 1.165) is 30.2 Å². The van der Waals surface area contributed by atoms with Crippen LogP contribution in [0.4, 0.5) is 5.69 Å². The van der Waals surface area contributed by atoms with Crippen LogP contribution in [0.15, 0.2) is 44.7 Å². The van der Waals surface area contributed by atoms with Crippen LogP contribution in [-0.4, -0.2) is 34.0 Å². The minimum Gasteiger partial charge on any atom is -0.493 e. The quantitative estimate of drug-likeness (QED) is 0.186. The molecule has 1 atom stereocenters. The van der Waals surface area contributed by atoms with Gasteiger partial charge < -0.3 is 9.47 Å². The van der Waals surface area contributed by atoms with E-state index in [1.807, 2.05) is 26.0 Å². The second kappa shape index (κ2) is 11.2. The van der Waals surface area contributed by atoms with Gasteiger partial charge in [0.05, 0.1) is 35.3 Å². The first kappa shape index (κ1) is 25.8. The lowest BCUT2D eigenvalue weighted by Gasteiger charge is -2.22. The predicted octanol–water partition coefficient (Wildman–Crippen LogP) is 6.18. The fourth-order valence-corrected chi connectivity index (χ4v) is 4.76. The molecule has 0 amide bonds. The van der Waals surface area contributed by atoms with Crippen LogP contribution < -0.4 is 15.0 Å². The first-order valence-electron chi connectivity index (χ1n) is 12.1. The van der Waals surface area contributed by atoms with Gasteiger partial charge in [0, 0.05) is 22.0 Å². The van der Waals surface area contributed by atoms with Crippen LogP contribution in [0, 0.1) is 10.1 Å². The third kappa shape index (κ3) is 5.43. The maximum atomic E-state index is 13.5. The first-order chi connectivity index (χ1) is 17.3. The molecule has 1 aliphatic carbocycles. The van der Waals surface area contributed by atoms with Crippen LogP contribution >= 0.6 is 15.9 Å². The number of methoxy groups -OCH3 is 1. The molecule has 0 saturated heterocycles. The maximum Gasteiger partial charge on any atom is 0.315 e. The number of benzene rings is 2. The van der Waals surface area contributed by atoms with E-state index < -0.39 is 4.92 Å². The highest BCUT2D eigenvalue weighted by molar-refractivity contribution is 9.10. The van der Waals surface area contributed by atoms with E-state index in [4.69, 9.17) is 14.5 Å². The summed E-state index contributed by atoms with van der Waals surface area (Å²) in [5, 5.41) is 16.8. The summed E-state index contributed by atoms with van der Waals surface area (Å²) in [7, 11) is 1.43. The summed E-state index contributed by atoms with van der Waals surface area (Å²) in [5.41, 5.74) is 0.526. The summed E-state index contributed by atoms with van der Waals surface area (Å²) >= 11 is 3.42. The Labute approximate surface area is 217 Å². The van der Waals surface area contributed by atoms with Crippen LogP contribution in [0.1, 0.15) is 69.7 Å². The zero-order valence-corrected chi connectivity index (χ0v) is 22.2. The molecule has 190 valence electrons. The van der Waals surface area contributed by atoms with Gasteiger partial charge in [0.2, 0.25) is 5.75 Å². The van der Waals surface area contributed by atoms with Crippen LogP contribution in [0.25, 0.3) is 10.9 Å². The van der Waals surface area contributed by atoms with Gasteiger partial charge in [-0.05, 0) is 50.5 Å².